The monoisotopic (exact) mass is 152 g/mol. The van der Waals surface area contributed by atoms with E-state index in [1.54, 1.807) is 6.26 Å². The van der Waals surface area contributed by atoms with Crippen molar-refractivity contribution in [3.63, 3.8) is 0 Å². The Morgan fingerprint density at radius 3 is 3.18 bits per heavy atom. The Morgan fingerprint density at radius 2 is 2.64 bits per heavy atom. The van der Waals surface area contributed by atoms with Gasteiger partial charge in [-0.3, -0.25) is 11.3 Å². The molecule has 0 aromatic carbocycles. The molecule has 0 amide bonds. The Hall–Kier alpha value is -1.06. The van der Waals surface area contributed by atoms with E-state index in [1.165, 1.54) is 0 Å². The Morgan fingerprint density at radius 1 is 1.82 bits per heavy atom. The van der Waals surface area contributed by atoms with Gasteiger partial charge in [-0.25, -0.2) is 0 Å². The summed E-state index contributed by atoms with van der Waals surface area (Å²) in [6.45, 7) is 2.67. The summed E-state index contributed by atoms with van der Waals surface area (Å²) in [4.78, 5) is 0. The lowest BCUT2D eigenvalue weighted by atomic mass is 10.2. The molecule has 3 N–H and O–H groups in total. The summed E-state index contributed by atoms with van der Waals surface area (Å²) in [5, 5.41) is 0. The average Bonchev–Trinajstić information content (AvgIpc) is 2.40. The molecule has 0 saturated heterocycles. The highest BCUT2D eigenvalue weighted by atomic mass is 16.3. The van der Waals surface area contributed by atoms with Crippen LogP contribution in [0.2, 0.25) is 0 Å². The van der Waals surface area contributed by atoms with Gasteiger partial charge in [0.2, 0.25) is 0 Å². The van der Waals surface area contributed by atoms with Crippen molar-refractivity contribution in [2.45, 2.75) is 6.92 Å². The Kier molecular flexibility index (Phi) is 2.89. The van der Waals surface area contributed by atoms with E-state index in [0.29, 0.717) is 6.54 Å². The highest BCUT2D eigenvalue weighted by molar-refractivity contribution is 5.46. The third-order valence-electron chi connectivity index (χ3n) is 1.31. The van der Waals surface area contributed by atoms with Crippen molar-refractivity contribution in [3.05, 3.63) is 29.7 Å². The molecule has 0 spiro atoms. The molecule has 0 unspecified atom stereocenters. The molecule has 0 saturated carbocycles. The fourth-order valence-electron chi connectivity index (χ4n) is 0.828. The molecule has 1 rings (SSSR count). The van der Waals surface area contributed by atoms with E-state index in [2.05, 4.69) is 5.43 Å². The van der Waals surface area contributed by atoms with Gasteiger partial charge in [0.25, 0.3) is 0 Å². The van der Waals surface area contributed by atoms with Crippen LogP contribution in [0.5, 0.6) is 0 Å². The Bertz CT molecular complexity index is 226. The summed E-state index contributed by atoms with van der Waals surface area (Å²) < 4.78 is 5.11. The van der Waals surface area contributed by atoms with Gasteiger partial charge in [-0.05, 0) is 25.1 Å². The number of furan rings is 1. The lowest BCUT2D eigenvalue weighted by Crippen LogP contribution is -2.23. The second-order valence-electron chi connectivity index (χ2n) is 2.39. The van der Waals surface area contributed by atoms with Gasteiger partial charge in [-0.2, -0.15) is 0 Å². The van der Waals surface area contributed by atoms with E-state index in [0.717, 1.165) is 11.3 Å². The summed E-state index contributed by atoms with van der Waals surface area (Å²) in [6, 6.07) is 3.76. The van der Waals surface area contributed by atoms with Crippen LogP contribution in [0, 0.1) is 0 Å². The number of nitrogens with one attached hydrogen (secondary N) is 1. The number of hydrazine groups is 1. The first-order valence-electron chi connectivity index (χ1n) is 3.47. The zero-order valence-corrected chi connectivity index (χ0v) is 6.50. The molecular formula is C8H12N2O. The smallest absolute Gasteiger partial charge is 0.126 e. The molecule has 1 aromatic heterocycles. The fraction of sp³-hybridized carbons (Fsp3) is 0.250. The van der Waals surface area contributed by atoms with E-state index in [1.807, 2.05) is 25.1 Å². The molecule has 3 heteroatoms. The van der Waals surface area contributed by atoms with E-state index < -0.39 is 0 Å². The third-order valence-corrected chi connectivity index (χ3v) is 1.31. The van der Waals surface area contributed by atoms with Crippen molar-refractivity contribution >= 4 is 6.08 Å². The maximum atomic E-state index is 5.14. The van der Waals surface area contributed by atoms with E-state index in [9.17, 15) is 0 Å². The molecule has 0 aliphatic carbocycles. The lowest BCUT2D eigenvalue weighted by Gasteiger charge is -1.96. The minimum absolute atomic E-state index is 0.681. The fourth-order valence-corrected chi connectivity index (χ4v) is 0.828. The van der Waals surface area contributed by atoms with Gasteiger partial charge in [0.05, 0.1) is 6.26 Å². The van der Waals surface area contributed by atoms with Crippen LogP contribution in [-0.2, 0) is 0 Å². The van der Waals surface area contributed by atoms with Crippen LogP contribution in [-0.4, -0.2) is 6.54 Å². The van der Waals surface area contributed by atoms with Gasteiger partial charge < -0.3 is 4.42 Å². The molecule has 0 aliphatic rings. The standard InChI is InChI=1S/C8H12N2O/c1-7(6-10-9)5-8-3-2-4-11-8/h2-5,10H,6,9H2,1H3/b7-5+. The highest BCUT2D eigenvalue weighted by Gasteiger charge is 1.90. The first-order valence-corrected chi connectivity index (χ1v) is 3.47. The van der Waals surface area contributed by atoms with Crippen LogP contribution in [0.4, 0.5) is 0 Å². The van der Waals surface area contributed by atoms with Gasteiger partial charge in [0, 0.05) is 6.54 Å². The molecule has 3 nitrogen and oxygen atoms in total. The quantitative estimate of drug-likeness (QED) is 0.504. The van der Waals surface area contributed by atoms with Gasteiger partial charge >= 0.3 is 0 Å². The largest absolute Gasteiger partial charge is 0.465 e. The van der Waals surface area contributed by atoms with Crippen molar-refractivity contribution in [3.8, 4) is 0 Å². The van der Waals surface area contributed by atoms with Crippen molar-refractivity contribution in [2.24, 2.45) is 5.84 Å². The Balaban J connectivity index is 2.58. The number of nitrogens with two attached hydrogens (primary N) is 1. The Labute approximate surface area is 65.9 Å². The maximum Gasteiger partial charge on any atom is 0.126 e. The predicted molar refractivity (Wildman–Crippen MR) is 44.5 cm³/mol. The highest BCUT2D eigenvalue weighted by Crippen LogP contribution is 2.05. The molecule has 0 atom stereocenters. The van der Waals surface area contributed by atoms with Crippen LogP contribution in [0.15, 0.2) is 28.4 Å². The lowest BCUT2D eigenvalue weighted by molar-refractivity contribution is 0.556. The number of hydrogen-bond donors (Lipinski definition) is 2. The zero-order valence-electron chi connectivity index (χ0n) is 6.50. The second-order valence-corrected chi connectivity index (χ2v) is 2.39. The van der Waals surface area contributed by atoms with Gasteiger partial charge in [-0.15, -0.1) is 0 Å². The summed E-state index contributed by atoms with van der Waals surface area (Å²) in [5.41, 5.74) is 3.71. The first kappa shape index (κ1) is 8.04. The van der Waals surface area contributed by atoms with Gasteiger partial charge in [0.15, 0.2) is 0 Å². The molecule has 60 valence electrons. The molecule has 0 fully saturated rings. The van der Waals surface area contributed by atoms with Crippen molar-refractivity contribution in [2.75, 3.05) is 6.54 Å². The van der Waals surface area contributed by atoms with E-state index in [-0.39, 0.29) is 0 Å². The molecule has 0 aliphatic heterocycles. The predicted octanol–water partition coefficient (Wildman–Crippen LogP) is 1.15. The molecule has 1 aromatic rings. The summed E-state index contributed by atoms with van der Waals surface area (Å²) in [5.74, 6) is 6.00. The minimum atomic E-state index is 0.681. The second kappa shape index (κ2) is 3.95. The number of hydrogen-bond acceptors (Lipinski definition) is 3. The normalized spacial score (nSPS) is 12.0. The average molecular weight is 152 g/mol. The third kappa shape index (κ3) is 2.57. The maximum absolute atomic E-state index is 5.14. The van der Waals surface area contributed by atoms with Crippen LogP contribution in [0.1, 0.15) is 12.7 Å². The van der Waals surface area contributed by atoms with E-state index in [4.69, 9.17) is 10.3 Å². The SMILES string of the molecule is C/C(=C\c1ccco1)CNN. The van der Waals surface area contributed by atoms with Crippen molar-refractivity contribution in [1.82, 2.24) is 5.43 Å². The van der Waals surface area contributed by atoms with Crippen LogP contribution >= 0.6 is 0 Å². The van der Waals surface area contributed by atoms with Crippen LogP contribution in [0.3, 0.4) is 0 Å². The van der Waals surface area contributed by atoms with Gasteiger partial charge in [0.1, 0.15) is 5.76 Å². The topological polar surface area (TPSA) is 51.2 Å². The van der Waals surface area contributed by atoms with Crippen LogP contribution in [0.25, 0.3) is 6.08 Å². The van der Waals surface area contributed by atoms with E-state index >= 15 is 0 Å². The molecular weight excluding hydrogens is 140 g/mol. The van der Waals surface area contributed by atoms with Crippen molar-refractivity contribution < 1.29 is 4.42 Å². The summed E-state index contributed by atoms with van der Waals surface area (Å²) in [6.07, 6.45) is 3.59. The number of rotatable bonds is 3. The molecule has 0 bridgehead atoms. The molecule has 0 radical (unpaired) electrons. The van der Waals surface area contributed by atoms with Crippen LogP contribution < -0.4 is 11.3 Å². The van der Waals surface area contributed by atoms with Crippen molar-refractivity contribution in [1.29, 1.82) is 0 Å². The summed E-state index contributed by atoms with van der Waals surface area (Å²) in [7, 11) is 0. The zero-order chi connectivity index (χ0) is 8.10. The van der Waals surface area contributed by atoms with Gasteiger partial charge in [-0.1, -0.05) is 5.57 Å². The minimum Gasteiger partial charge on any atom is -0.465 e. The molecule has 1 heterocycles. The molecule has 11 heavy (non-hydrogen) atoms. The summed E-state index contributed by atoms with van der Waals surface area (Å²) >= 11 is 0. The first-order chi connectivity index (χ1) is 5.33.